The number of rotatable bonds is 4. The van der Waals surface area contributed by atoms with Gasteiger partial charge in [-0.3, -0.25) is 0 Å². The van der Waals surface area contributed by atoms with Crippen LogP contribution in [0.25, 0.3) is 0 Å². The summed E-state index contributed by atoms with van der Waals surface area (Å²) in [6.07, 6.45) is -0.794. The number of halogens is 2. The molecule has 0 bridgehead atoms. The highest BCUT2D eigenvalue weighted by molar-refractivity contribution is 6.42. The van der Waals surface area contributed by atoms with Gasteiger partial charge in [-0.15, -0.1) is 0 Å². The van der Waals surface area contributed by atoms with Crippen molar-refractivity contribution in [2.75, 3.05) is 6.61 Å². The molecule has 0 aliphatic carbocycles. The maximum Gasteiger partial charge on any atom is 0.125 e. The van der Waals surface area contributed by atoms with Gasteiger partial charge in [0.25, 0.3) is 0 Å². The first-order valence-corrected chi connectivity index (χ1v) is 6.73. The fraction of sp³-hybridized carbons (Fsp3) is 0.200. The minimum Gasteiger partial charge on any atom is -0.493 e. The molecule has 0 heterocycles. The molecule has 0 spiro atoms. The second-order valence-electron chi connectivity index (χ2n) is 4.05. The SMILES string of the molecule is CCOc1ccccc1C(O)c1ccc(Cl)c(Cl)c1. The Kier molecular flexibility index (Phi) is 4.70. The fourth-order valence-corrected chi connectivity index (χ4v) is 2.16. The second kappa shape index (κ2) is 6.29. The van der Waals surface area contributed by atoms with E-state index in [4.69, 9.17) is 27.9 Å². The van der Waals surface area contributed by atoms with Crippen LogP contribution in [-0.2, 0) is 0 Å². The van der Waals surface area contributed by atoms with Gasteiger partial charge >= 0.3 is 0 Å². The summed E-state index contributed by atoms with van der Waals surface area (Å²) in [6, 6.07) is 12.5. The molecule has 0 saturated carbocycles. The van der Waals surface area contributed by atoms with Crippen LogP contribution < -0.4 is 4.74 Å². The minimum atomic E-state index is -0.794. The van der Waals surface area contributed by atoms with Gasteiger partial charge in [0.1, 0.15) is 11.9 Å². The van der Waals surface area contributed by atoms with E-state index < -0.39 is 6.10 Å². The van der Waals surface area contributed by atoms with Crippen LogP contribution in [0.3, 0.4) is 0 Å². The smallest absolute Gasteiger partial charge is 0.125 e. The molecule has 0 saturated heterocycles. The van der Waals surface area contributed by atoms with E-state index in [9.17, 15) is 5.11 Å². The first-order valence-electron chi connectivity index (χ1n) is 5.98. The molecule has 0 radical (unpaired) electrons. The van der Waals surface area contributed by atoms with Crippen molar-refractivity contribution >= 4 is 23.2 Å². The van der Waals surface area contributed by atoms with Gasteiger partial charge < -0.3 is 9.84 Å². The van der Waals surface area contributed by atoms with Crippen molar-refractivity contribution in [3.63, 3.8) is 0 Å². The van der Waals surface area contributed by atoms with Gasteiger partial charge in [0.2, 0.25) is 0 Å². The minimum absolute atomic E-state index is 0.423. The number of ether oxygens (including phenoxy) is 1. The molecule has 0 fully saturated rings. The summed E-state index contributed by atoms with van der Waals surface area (Å²) in [7, 11) is 0. The van der Waals surface area contributed by atoms with Crippen molar-refractivity contribution in [2.24, 2.45) is 0 Å². The van der Waals surface area contributed by atoms with Crippen LogP contribution in [0.4, 0.5) is 0 Å². The van der Waals surface area contributed by atoms with E-state index in [0.717, 1.165) is 0 Å². The van der Waals surface area contributed by atoms with E-state index in [0.29, 0.717) is 33.5 Å². The molecule has 100 valence electrons. The Morgan fingerprint density at radius 1 is 1.11 bits per heavy atom. The Hall–Kier alpha value is -1.22. The Bertz CT molecular complexity index is 570. The number of benzene rings is 2. The monoisotopic (exact) mass is 296 g/mol. The predicted octanol–water partition coefficient (Wildman–Crippen LogP) is 4.47. The lowest BCUT2D eigenvalue weighted by atomic mass is 10.0. The molecular weight excluding hydrogens is 283 g/mol. The number of aliphatic hydroxyl groups excluding tert-OH is 1. The van der Waals surface area contributed by atoms with E-state index >= 15 is 0 Å². The molecule has 4 heteroatoms. The van der Waals surface area contributed by atoms with Gasteiger partial charge in [-0.05, 0) is 30.7 Å². The number of hydrogen-bond acceptors (Lipinski definition) is 2. The average molecular weight is 297 g/mol. The quantitative estimate of drug-likeness (QED) is 0.902. The fourth-order valence-electron chi connectivity index (χ4n) is 1.86. The highest BCUT2D eigenvalue weighted by Gasteiger charge is 2.16. The van der Waals surface area contributed by atoms with Gasteiger partial charge in [-0.25, -0.2) is 0 Å². The van der Waals surface area contributed by atoms with E-state index in [1.165, 1.54) is 0 Å². The molecule has 19 heavy (non-hydrogen) atoms. The third-order valence-corrected chi connectivity index (χ3v) is 3.51. The normalized spacial score (nSPS) is 12.2. The van der Waals surface area contributed by atoms with Crippen LogP contribution in [0.2, 0.25) is 10.0 Å². The first-order chi connectivity index (χ1) is 9.13. The van der Waals surface area contributed by atoms with Crippen molar-refractivity contribution < 1.29 is 9.84 Å². The Balaban J connectivity index is 2.37. The third-order valence-electron chi connectivity index (χ3n) is 2.77. The maximum atomic E-state index is 10.4. The van der Waals surface area contributed by atoms with Crippen LogP contribution in [-0.4, -0.2) is 11.7 Å². The summed E-state index contributed by atoms with van der Waals surface area (Å²) < 4.78 is 5.51. The lowest BCUT2D eigenvalue weighted by Crippen LogP contribution is -2.04. The van der Waals surface area contributed by atoms with Crippen molar-refractivity contribution in [1.29, 1.82) is 0 Å². The zero-order valence-corrected chi connectivity index (χ0v) is 11.9. The summed E-state index contributed by atoms with van der Waals surface area (Å²) in [6.45, 7) is 2.45. The third kappa shape index (κ3) is 3.21. The maximum absolute atomic E-state index is 10.4. The van der Waals surface area contributed by atoms with Crippen LogP contribution in [0, 0.1) is 0 Å². The molecular formula is C15H14Cl2O2. The molecule has 2 aromatic carbocycles. The highest BCUT2D eigenvalue weighted by Crippen LogP contribution is 2.32. The van der Waals surface area contributed by atoms with Crippen molar-refractivity contribution in [3.05, 3.63) is 63.6 Å². The predicted molar refractivity (Wildman–Crippen MR) is 78.1 cm³/mol. The summed E-state index contributed by atoms with van der Waals surface area (Å²) in [4.78, 5) is 0. The van der Waals surface area contributed by atoms with Crippen molar-refractivity contribution in [3.8, 4) is 5.75 Å². The molecule has 2 aromatic rings. The van der Waals surface area contributed by atoms with Gasteiger partial charge in [0, 0.05) is 5.56 Å². The molecule has 1 atom stereocenters. The Labute approximate surface area is 122 Å². The second-order valence-corrected chi connectivity index (χ2v) is 4.86. The van der Waals surface area contributed by atoms with Crippen LogP contribution >= 0.6 is 23.2 Å². The standard InChI is InChI=1S/C15H14Cl2O2/c1-2-19-14-6-4-3-5-11(14)15(18)10-7-8-12(16)13(17)9-10/h3-9,15,18H,2H2,1H3. The zero-order chi connectivity index (χ0) is 13.8. The van der Waals surface area contributed by atoms with E-state index in [2.05, 4.69) is 0 Å². The zero-order valence-electron chi connectivity index (χ0n) is 10.4. The number of aliphatic hydroxyl groups is 1. The summed E-state index contributed by atoms with van der Waals surface area (Å²) in [5.41, 5.74) is 1.39. The summed E-state index contributed by atoms with van der Waals surface area (Å²) in [5.74, 6) is 0.670. The number of hydrogen-bond donors (Lipinski definition) is 1. The van der Waals surface area contributed by atoms with Gasteiger partial charge in [0.05, 0.1) is 16.7 Å². The number of para-hydroxylation sites is 1. The van der Waals surface area contributed by atoms with Crippen LogP contribution in [0.5, 0.6) is 5.75 Å². The highest BCUT2D eigenvalue weighted by atomic mass is 35.5. The largest absolute Gasteiger partial charge is 0.493 e. The topological polar surface area (TPSA) is 29.5 Å². The molecule has 0 amide bonds. The van der Waals surface area contributed by atoms with Gasteiger partial charge in [-0.1, -0.05) is 47.5 Å². The summed E-state index contributed by atoms with van der Waals surface area (Å²) >= 11 is 11.8. The summed E-state index contributed by atoms with van der Waals surface area (Å²) in [5, 5.41) is 11.3. The molecule has 0 aliphatic heterocycles. The van der Waals surface area contributed by atoms with E-state index in [1.807, 2.05) is 31.2 Å². The lowest BCUT2D eigenvalue weighted by Gasteiger charge is -2.16. The van der Waals surface area contributed by atoms with E-state index in [-0.39, 0.29) is 0 Å². The molecule has 2 rings (SSSR count). The van der Waals surface area contributed by atoms with Crippen LogP contribution in [0.1, 0.15) is 24.2 Å². The van der Waals surface area contributed by atoms with Gasteiger partial charge in [0.15, 0.2) is 0 Å². The van der Waals surface area contributed by atoms with Crippen molar-refractivity contribution in [2.45, 2.75) is 13.0 Å². The first kappa shape index (κ1) is 14.2. The molecule has 1 N–H and O–H groups in total. The molecule has 0 aromatic heterocycles. The van der Waals surface area contributed by atoms with Crippen LogP contribution in [0.15, 0.2) is 42.5 Å². The lowest BCUT2D eigenvalue weighted by molar-refractivity contribution is 0.212. The van der Waals surface area contributed by atoms with Crippen molar-refractivity contribution in [1.82, 2.24) is 0 Å². The van der Waals surface area contributed by atoms with Gasteiger partial charge in [-0.2, -0.15) is 0 Å². The Morgan fingerprint density at radius 2 is 1.84 bits per heavy atom. The average Bonchev–Trinajstić information content (AvgIpc) is 2.42. The Morgan fingerprint density at radius 3 is 2.53 bits per heavy atom. The molecule has 1 unspecified atom stereocenters. The molecule has 0 aliphatic rings. The molecule has 2 nitrogen and oxygen atoms in total. The van der Waals surface area contributed by atoms with E-state index in [1.54, 1.807) is 18.2 Å².